The van der Waals surface area contributed by atoms with Gasteiger partial charge in [-0.2, -0.15) is 15.0 Å². The normalized spacial score (nSPS) is 11.6. The molecular formula is C18H25N5O4. The van der Waals surface area contributed by atoms with Crippen LogP contribution in [0.15, 0.2) is 18.2 Å². The van der Waals surface area contributed by atoms with Gasteiger partial charge < -0.3 is 19.5 Å². The van der Waals surface area contributed by atoms with Gasteiger partial charge in [-0.3, -0.25) is 10.1 Å². The summed E-state index contributed by atoms with van der Waals surface area (Å²) >= 11 is 0. The molecule has 1 amide bonds. The van der Waals surface area contributed by atoms with Crippen molar-refractivity contribution in [3.63, 3.8) is 0 Å². The zero-order chi connectivity index (χ0) is 19.8. The van der Waals surface area contributed by atoms with E-state index in [1.807, 2.05) is 25.1 Å². The van der Waals surface area contributed by atoms with Crippen LogP contribution in [0.25, 0.3) is 0 Å². The van der Waals surface area contributed by atoms with Crippen LogP contribution < -0.4 is 20.1 Å². The van der Waals surface area contributed by atoms with E-state index in [1.165, 1.54) is 6.92 Å². The molecule has 2 rings (SSSR count). The minimum absolute atomic E-state index is 0.0514. The fourth-order valence-corrected chi connectivity index (χ4v) is 2.33. The van der Waals surface area contributed by atoms with Crippen LogP contribution in [-0.2, 0) is 16.1 Å². The van der Waals surface area contributed by atoms with Gasteiger partial charge in [-0.05, 0) is 31.5 Å². The van der Waals surface area contributed by atoms with Crippen molar-refractivity contribution in [2.75, 3.05) is 31.5 Å². The topological polar surface area (TPSA) is 107 Å². The molecule has 0 saturated carbocycles. The first-order valence-electron chi connectivity index (χ1n) is 8.46. The van der Waals surface area contributed by atoms with Crippen LogP contribution in [0.2, 0.25) is 0 Å². The number of hydrogen-bond acceptors (Lipinski definition) is 8. The summed E-state index contributed by atoms with van der Waals surface area (Å²) in [6, 6.07) is 5.55. The Morgan fingerprint density at radius 1 is 1.07 bits per heavy atom. The third kappa shape index (κ3) is 6.70. The maximum Gasteiger partial charge on any atom is 0.234 e. The third-order valence-corrected chi connectivity index (χ3v) is 3.46. The quantitative estimate of drug-likeness (QED) is 0.687. The predicted octanol–water partition coefficient (Wildman–Crippen LogP) is 2.17. The van der Waals surface area contributed by atoms with E-state index in [9.17, 15) is 4.79 Å². The van der Waals surface area contributed by atoms with E-state index < -0.39 is 0 Å². The zero-order valence-electron chi connectivity index (χ0n) is 16.2. The lowest BCUT2D eigenvalue weighted by Crippen LogP contribution is -2.24. The van der Waals surface area contributed by atoms with Gasteiger partial charge in [-0.15, -0.1) is 0 Å². The average Bonchev–Trinajstić information content (AvgIpc) is 2.60. The van der Waals surface area contributed by atoms with Crippen molar-refractivity contribution in [1.29, 1.82) is 0 Å². The number of nitrogens with zero attached hydrogens (tertiary/aromatic N) is 3. The molecule has 0 saturated heterocycles. The summed E-state index contributed by atoms with van der Waals surface area (Å²) < 4.78 is 16.3. The smallest absolute Gasteiger partial charge is 0.234 e. The molecule has 0 aliphatic heterocycles. The van der Waals surface area contributed by atoms with E-state index in [0.717, 1.165) is 5.56 Å². The van der Waals surface area contributed by atoms with Crippen molar-refractivity contribution in [3.05, 3.63) is 29.6 Å². The van der Waals surface area contributed by atoms with Crippen molar-refractivity contribution >= 4 is 17.8 Å². The van der Waals surface area contributed by atoms with Gasteiger partial charge in [0.1, 0.15) is 17.3 Å². The molecule has 1 aromatic carbocycles. The lowest BCUT2D eigenvalue weighted by atomic mass is 10.2. The van der Waals surface area contributed by atoms with Crippen molar-refractivity contribution in [3.8, 4) is 11.5 Å². The molecule has 1 aromatic heterocycles. The monoisotopic (exact) mass is 375 g/mol. The van der Waals surface area contributed by atoms with E-state index in [0.29, 0.717) is 36.5 Å². The first kappa shape index (κ1) is 20.4. The summed E-state index contributed by atoms with van der Waals surface area (Å²) in [5.74, 6) is 2.29. The molecule has 9 nitrogen and oxygen atoms in total. The van der Waals surface area contributed by atoms with Gasteiger partial charge in [-0.25, -0.2) is 0 Å². The molecule has 9 heteroatoms. The van der Waals surface area contributed by atoms with E-state index in [-0.39, 0.29) is 17.9 Å². The summed E-state index contributed by atoms with van der Waals surface area (Å²) in [7, 11) is 3.22. The minimum Gasteiger partial charge on any atom is -0.497 e. The number of carbonyl (C=O) groups excluding carboxylic acids is 1. The number of aromatic nitrogens is 3. The molecule has 1 atom stereocenters. The second-order valence-electron chi connectivity index (χ2n) is 5.99. The predicted molar refractivity (Wildman–Crippen MR) is 101 cm³/mol. The number of anilines is 2. The number of aryl methyl sites for hydroxylation is 1. The molecule has 0 aliphatic rings. The van der Waals surface area contributed by atoms with E-state index >= 15 is 0 Å². The lowest BCUT2D eigenvalue weighted by molar-refractivity contribution is -0.114. The number of hydrogen-bond donors (Lipinski definition) is 2. The summed E-state index contributed by atoms with van der Waals surface area (Å²) in [5, 5.41) is 5.69. The molecule has 1 unspecified atom stereocenters. The van der Waals surface area contributed by atoms with Crippen molar-refractivity contribution in [2.24, 2.45) is 0 Å². The molecule has 2 N–H and O–H groups in total. The van der Waals surface area contributed by atoms with Gasteiger partial charge >= 0.3 is 0 Å². The van der Waals surface area contributed by atoms with Gasteiger partial charge in [0.2, 0.25) is 17.8 Å². The van der Waals surface area contributed by atoms with E-state index in [4.69, 9.17) is 14.2 Å². The molecular weight excluding hydrogens is 350 g/mol. The van der Waals surface area contributed by atoms with Crippen LogP contribution >= 0.6 is 0 Å². The Morgan fingerprint density at radius 2 is 1.70 bits per heavy atom. The maximum absolute atomic E-state index is 11.2. The van der Waals surface area contributed by atoms with Crippen LogP contribution in [0.3, 0.4) is 0 Å². The molecule has 0 aliphatic carbocycles. The van der Waals surface area contributed by atoms with Crippen LogP contribution in [0.5, 0.6) is 11.5 Å². The summed E-state index contributed by atoms with van der Waals surface area (Å²) in [6.07, 6.45) is 0. The van der Waals surface area contributed by atoms with Crippen LogP contribution in [0, 0.1) is 6.92 Å². The average molecular weight is 375 g/mol. The molecule has 1 heterocycles. The molecule has 0 bridgehead atoms. The molecule has 0 fully saturated rings. The van der Waals surface area contributed by atoms with Gasteiger partial charge in [-0.1, -0.05) is 0 Å². The van der Waals surface area contributed by atoms with Gasteiger partial charge in [0, 0.05) is 19.0 Å². The zero-order valence-corrected chi connectivity index (χ0v) is 16.2. The molecule has 2 aromatic rings. The standard InChI is InChI=1S/C18H25N5O4/c1-11(19-17-20-12(2)21-18(23-17)22-13(3)24)9-27-10-14-6-15(25-4)8-16(7-14)26-5/h6-8,11H,9-10H2,1-5H3,(H2,19,20,21,22,23,24). The van der Waals surface area contributed by atoms with Gasteiger partial charge in [0.25, 0.3) is 0 Å². The Bertz CT molecular complexity index is 762. The molecule has 27 heavy (non-hydrogen) atoms. The van der Waals surface area contributed by atoms with Gasteiger partial charge in [0.15, 0.2) is 0 Å². The van der Waals surface area contributed by atoms with Gasteiger partial charge in [0.05, 0.1) is 27.4 Å². The molecule has 0 spiro atoms. The van der Waals surface area contributed by atoms with Crippen molar-refractivity contribution < 1.29 is 19.0 Å². The Hall–Kier alpha value is -2.94. The highest BCUT2D eigenvalue weighted by atomic mass is 16.5. The Balaban J connectivity index is 1.90. The molecule has 0 radical (unpaired) electrons. The Labute approximate surface area is 158 Å². The Kier molecular flexibility index (Phi) is 7.30. The number of methoxy groups -OCH3 is 2. The number of ether oxygens (including phenoxy) is 3. The summed E-state index contributed by atoms with van der Waals surface area (Å²) in [4.78, 5) is 23.6. The number of nitrogens with one attached hydrogen (secondary N) is 2. The van der Waals surface area contributed by atoms with Crippen molar-refractivity contribution in [2.45, 2.75) is 33.4 Å². The first-order chi connectivity index (χ1) is 12.9. The number of amides is 1. The second-order valence-corrected chi connectivity index (χ2v) is 5.99. The van der Waals surface area contributed by atoms with Crippen LogP contribution in [0.4, 0.5) is 11.9 Å². The number of benzene rings is 1. The minimum atomic E-state index is -0.239. The highest BCUT2D eigenvalue weighted by molar-refractivity contribution is 5.86. The Morgan fingerprint density at radius 3 is 2.30 bits per heavy atom. The number of carbonyl (C=O) groups is 1. The first-order valence-corrected chi connectivity index (χ1v) is 8.46. The largest absolute Gasteiger partial charge is 0.497 e. The fraction of sp³-hybridized carbons (Fsp3) is 0.444. The second kappa shape index (κ2) is 9.67. The van der Waals surface area contributed by atoms with Crippen LogP contribution in [0.1, 0.15) is 25.2 Å². The molecule has 146 valence electrons. The third-order valence-electron chi connectivity index (χ3n) is 3.46. The number of rotatable bonds is 9. The maximum atomic E-state index is 11.2. The highest BCUT2D eigenvalue weighted by Gasteiger charge is 2.09. The summed E-state index contributed by atoms with van der Waals surface area (Å²) in [5.41, 5.74) is 0.947. The van der Waals surface area contributed by atoms with Crippen molar-refractivity contribution in [1.82, 2.24) is 15.0 Å². The van der Waals surface area contributed by atoms with E-state index in [2.05, 4.69) is 25.6 Å². The lowest BCUT2D eigenvalue weighted by Gasteiger charge is -2.15. The van der Waals surface area contributed by atoms with Crippen LogP contribution in [-0.4, -0.2) is 47.7 Å². The fourth-order valence-electron chi connectivity index (χ4n) is 2.33. The SMILES string of the molecule is COc1cc(COCC(C)Nc2nc(C)nc(NC(C)=O)n2)cc(OC)c1. The van der Waals surface area contributed by atoms with E-state index in [1.54, 1.807) is 21.1 Å². The highest BCUT2D eigenvalue weighted by Crippen LogP contribution is 2.23. The summed E-state index contributed by atoms with van der Waals surface area (Å²) in [6.45, 7) is 5.92.